The first kappa shape index (κ1) is 13.5. The fourth-order valence-electron chi connectivity index (χ4n) is 2.60. The van der Waals surface area contributed by atoms with Crippen molar-refractivity contribution >= 4 is 28.6 Å². The number of halogens is 1. The number of amides is 1. The van der Waals surface area contributed by atoms with Crippen LogP contribution in [0.4, 0.5) is 4.39 Å². The van der Waals surface area contributed by atoms with Gasteiger partial charge in [0.2, 0.25) is 0 Å². The highest BCUT2D eigenvalue weighted by Crippen LogP contribution is 2.22. The van der Waals surface area contributed by atoms with Crippen molar-refractivity contribution in [2.75, 3.05) is 11.5 Å². The number of aryl methyl sites for hydroxylation is 1. The van der Waals surface area contributed by atoms with Gasteiger partial charge in [0.1, 0.15) is 11.5 Å². The van der Waals surface area contributed by atoms with Crippen molar-refractivity contribution in [3.8, 4) is 0 Å². The molecule has 3 nitrogen and oxygen atoms in total. The first-order valence-corrected chi connectivity index (χ1v) is 7.96. The van der Waals surface area contributed by atoms with Gasteiger partial charge in [-0.3, -0.25) is 4.79 Å². The number of aromatic amines is 1. The summed E-state index contributed by atoms with van der Waals surface area (Å²) in [5.41, 5.74) is 2.02. The van der Waals surface area contributed by atoms with Gasteiger partial charge in [0.15, 0.2) is 0 Å². The fourth-order valence-corrected chi connectivity index (χ4v) is 3.71. The lowest BCUT2D eigenvalue weighted by atomic mass is 10.1. The number of fused-ring (bicyclic) bond motifs is 1. The Bertz CT molecular complexity index is 647. The van der Waals surface area contributed by atoms with Gasteiger partial charge in [0, 0.05) is 16.9 Å². The van der Waals surface area contributed by atoms with Gasteiger partial charge < -0.3 is 10.3 Å². The molecule has 0 radical (unpaired) electrons. The summed E-state index contributed by atoms with van der Waals surface area (Å²) in [6.45, 7) is 1.85. The fraction of sp³-hybridized carbons (Fsp3) is 0.400. The topological polar surface area (TPSA) is 44.9 Å². The average Bonchev–Trinajstić information content (AvgIpc) is 2.84. The maximum Gasteiger partial charge on any atom is 0.267 e. The minimum Gasteiger partial charge on any atom is -0.350 e. The standard InChI is InChI=1S/C15H17FN2OS/c1-9-6-10(16)7-13-12(9)8-14(18-13)15(19)17-11-2-4-20-5-3-11/h6-8,11,18H,2-5H2,1H3,(H,17,19). The lowest BCUT2D eigenvalue weighted by molar-refractivity contribution is 0.0930. The maximum atomic E-state index is 13.4. The molecule has 0 spiro atoms. The largest absolute Gasteiger partial charge is 0.350 e. The van der Waals surface area contributed by atoms with Crippen molar-refractivity contribution in [2.24, 2.45) is 0 Å². The Kier molecular flexibility index (Phi) is 3.70. The van der Waals surface area contributed by atoms with E-state index in [-0.39, 0.29) is 17.8 Å². The highest BCUT2D eigenvalue weighted by molar-refractivity contribution is 7.99. The van der Waals surface area contributed by atoms with Crippen LogP contribution in [0.25, 0.3) is 10.9 Å². The molecule has 2 N–H and O–H groups in total. The van der Waals surface area contributed by atoms with Crippen LogP contribution in [-0.4, -0.2) is 28.4 Å². The predicted octanol–water partition coefficient (Wildman–Crippen LogP) is 3.24. The molecule has 3 rings (SSSR count). The minimum absolute atomic E-state index is 0.0992. The number of carbonyl (C=O) groups is 1. The number of hydrogen-bond acceptors (Lipinski definition) is 2. The number of nitrogens with one attached hydrogen (secondary N) is 2. The molecule has 1 fully saturated rings. The highest BCUT2D eigenvalue weighted by atomic mass is 32.2. The molecule has 1 aliphatic rings. The van der Waals surface area contributed by atoms with Gasteiger partial charge in [-0.25, -0.2) is 4.39 Å². The van der Waals surface area contributed by atoms with Crippen LogP contribution in [0.1, 0.15) is 28.9 Å². The molecular formula is C15H17FN2OS. The second-order valence-corrected chi connectivity index (χ2v) is 6.45. The molecule has 0 saturated carbocycles. The summed E-state index contributed by atoms with van der Waals surface area (Å²) in [6.07, 6.45) is 2.04. The van der Waals surface area contributed by atoms with Crippen molar-refractivity contribution in [2.45, 2.75) is 25.8 Å². The Labute approximate surface area is 121 Å². The second kappa shape index (κ2) is 5.48. The molecule has 20 heavy (non-hydrogen) atoms. The molecule has 1 aromatic carbocycles. The minimum atomic E-state index is -0.284. The number of thioether (sulfide) groups is 1. The van der Waals surface area contributed by atoms with E-state index < -0.39 is 0 Å². The molecule has 0 atom stereocenters. The van der Waals surface area contributed by atoms with E-state index >= 15 is 0 Å². The number of benzene rings is 1. The zero-order valence-corrected chi connectivity index (χ0v) is 12.1. The van der Waals surface area contributed by atoms with Gasteiger partial charge >= 0.3 is 0 Å². The first-order valence-electron chi connectivity index (χ1n) is 6.81. The highest BCUT2D eigenvalue weighted by Gasteiger charge is 2.18. The van der Waals surface area contributed by atoms with Crippen LogP contribution in [0.5, 0.6) is 0 Å². The number of rotatable bonds is 2. The molecule has 106 valence electrons. The van der Waals surface area contributed by atoms with Gasteiger partial charge in [0.25, 0.3) is 5.91 Å². The second-order valence-electron chi connectivity index (χ2n) is 5.23. The quantitative estimate of drug-likeness (QED) is 0.892. The summed E-state index contributed by atoms with van der Waals surface area (Å²) in [5, 5.41) is 3.95. The number of aromatic nitrogens is 1. The molecule has 2 heterocycles. The van der Waals surface area contributed by atoms with Crippen LogP contribution in [0.15, 0.2) is 18.2 Å². The summed E-state index contributed by atoms with van der Waals surface area (Å²) in [6, 6.07) is 4.97. The van der Waals surface area contributed by atoms with E-state index in [2.05, 4.69) is 10.3 Å². The van der Waals surface area contributed by atoms with Crippen LogP contribution < -0.4 is 5.32 Å². The van der Waals surface area contributed by atoms with E-state index in [0.29, 0.717) is 11.2 Å². The van der Waals surface area contributed by atoms with Crippen molar-refractivity contribution in [1.82, 2.24) is 10.3 Å². The summed E-state index contributed by atoms with van der Waals surface area (Å²) >= 11 is 1.93. The summed E-state index contributed by atoms with van der Waals surface area (Å²) < 4.78 is 13.4. The summed E-state index contributed by atoms with van der Waals surface area (Å²) in [5.74, 6) is 1.82. The smallest absolute Gasteiger partial charge is 0.267 e. The van der Waals surface area contributed by atoms with Crippen LogP contribution in [0.3, 0.4) is 0 Å². The monoisotopic (exact) mass is 292 g/mol. The predicted molar refractivity (Wildman–Crippen MR) is 80.8 cm³/mol. The molecule has 1 saturated heterocycles. The third kappa shape index (κ3) is 2.68. The van der Waals surface area contributed by atoms with E-state index in [9.17, 15) is 9.18 Å². The van der Waals surface area contributed by atoms with Gasteiger partial charge in [-0.15, -0.1) is 0 Å². The molecule has 1 aliphatic heterocycles. The Morgan fingerprint density at radius 3 is 2.85 bits per heavy atom. The molecule has 0 bridgehead atoms. The third-order valence-corrected chi connectivity index (χ3v) is 4.76. The SMILES string of the molecule is Cc1cc(F)cc2[nH]c(C(=O)NC3CCSCC3)cc12. The van der Waals surface area contributed by atoms with Crippen LogP contribution in [0, 0.1) is 12.7 Å². The van der Waals surface area contributed by atoms with Gasteiger partial charge in [-0.05, 0) is 55.0 Å². The van der Waals surface area contributed by atoms with Gasteiger partial charge in [0.05, 0.1) is 0 Å². The third-order valence-electron chi connectivity index (χ3n) is 3.71. The lowest BCUT2D eigenvalue weighted by Gasteiger charge is -2.22. The zero-order chi connectivity index (χ0) is 14.1. The number of carbonyl (C=O) groups excluding carboxylic acids is 1. The van der Waals surface area contributed by atoms with Crippen molar-refractivity contribution in [3.05, 3.63) is 35.3 Å². The Hall–Kier alpha value is -1.49. The normalized spacial score (nSPS) is 16.5. The Morgan fingerprint density at radius 2 is 2.10 bits per heavy atom. The molecule has 0 aliphatic carbocycles. The lowest BCUT2D eigenvalue weighted by Crippen LogP contribution is -2.37. The van der Waals surface area contributed by atoms with Crippen LogP contribution >= 0.6 is 11.8 Å². The van der Waals surface area contributed by atoms with Crippen molar-refractivity contribution in [3.63, 3.8) is 0 Å². The van der Waals surface area contributed by atoms with E-state index in [1.807, 2.05) is 18.7 Å². The number of hydrogen-bond donors (Lipinski definition) is 2. The van der Waals surface area contributed by atoms with Gasteiger partial charge in [-0.1, -0.05) is 0 Å². The first-order chi connectivity index (χ1) is 9.63. The van der Waals surface area contributed by atoms with E-state index in [4.69, 9.17) is 0 Å². The maximum absolute atomic E-state index is 13.4. The van der Waals surface area contributed by atoms with E-state index in [1.165, 1.54) is 12.1 Å². The Balaban J connectivity index is 1.82. The molecule has 1 amide bonds. The van der Waals surface area contributed by atoms with E-state index in [1.54, 1.807) is 6.07 Å². The number of H-pyrrole nitrogens is 1. The van der Waals surface area contributed by atoms with Crippen LogP contribution in [-0.2, 0) is 0 Å². The van der Waals surface area contributed by atoms with E-state index in [0.717, 1.165) is 35.3 Å². The summed E-state index contributed by atoms with van der Waals surface area (Å²) in [4.78, 5) is 15.2. The van der Waals surface area contributed by atoms with Crippen LogP contribution in [0.2, 0.25) is 0 Å². The summed E-state index contributed by atoms with van der Waals surface area (Å²) in [7, 11) is 0. The molecule has 0 unspecified atom stereocenters. The van der Waals surface area contributed by atoms with Crippen molar-refractivity contribution in [1.29, 1.82) is 0 Å². The van der Waals surface area contributed by atoms with Gasteiger partial charge in [-0.2, -0.15) is 11.8 Å². The molecule has 2 aromatic rings. The van der Waals surface area contributed by atoms with Crippen molar-refractivity contribution < 1.29 is 9.18 Å². The molecule has 1 aromatic heterocycles. The molecular weight excluding hydrogens is 275 g/mol. The zero-order valence-electron chi connectivity index (χ0n) is 11.3. The Morgan fingerprint density at radius 1 is 1.35 bits per heavy atom. The molecule has 5 heteroatoms. The average molecular weight is 292 g/mol.